The van der Waals surface area contributed by atoms with Gasteiger partial charge >= 0.3 is 6.18 Å². The van der Waals surface area contributed by atoms with E-state index < -0.39 is 12.7 Å². The maximum Gasteiger partial charge on any atom is 0.401 e. The van der Waals surface area contributed by atoms with Gasteiger partial charge in [0.1, 0.15) is 0 Å². The third-order valence-corrected chi connectivity index (χ3v) is 5.17. The number of hydrogen-bond donors (Lipinski definition) is 2. The van der Waals surface area contributed by atoms with E-state index in [1.54, 1.807) is 0 Å². The highest BCUT2D eigenvalue weighted by Gasteiger charge is 2.48. The summed E-state index contributed by atoms with van der Waals surface area (Å²) in [5.74, 6) is 2.46. The summed E-state index contributed by atoms with van der Waals surface area (Å²) in [6, 6.07) is 0.197. The molecule has 0 unspecified atom stereocenters. The number of amides is 1. The van der Waals surface area contributed by atoms with Crippen LogP contribution in [-0.4, -0.2) is 31.2 Å². The summed E-state index contributed by atoms with van der Waals surface area (Å²) >= 11 is 0. The van der Waals surface area contributed by atoms with Crippen molar-refractivity contribution in [3.8, 4) is 0 Å². The highest BCUT2D eigenvalue weighted by molar-refractivity contribution is 5.78. The van der Waals surface area contributed by atoms with E-state index in [9.17, 15) is 18.0 Å². The molecule has 0 aliphatic heterocycles. The first-order valence-corrected chi connectivity index (χ1v) is 7.47. The van der Waals surface area contributed by atoms with Crippen LogP contribution in [0, 0.1) is 23.7 Å². The second-order valence-electron chi connectivity index (χ2n) is 6.74. The lowest BCUT2D eigenvalue weighted by Gasteiger charge is -2.54. The molecule has 0 atom stereocenters. The van der Waals surface area contributed by atoms with Gasteiger partial charge in [0, 0.05) is 6.04 Å². The summed E-state index contributed by atoms with van der Waals surface area (Å²) in [4.78, 5) is 11.8. The SMILES string of the molecule is O=C(CNCC(F)(F)F)NC1C2CC3CC(C2)CC1C3. The lowest BCUT2D eigenvalue weighted by Crippen LogP contribution is -2.57. The molecule has 1 amide bonds. The van der Waals surface area contributed by atoms with Gasteiger partial charge in [-0.2, -0.15) is 13.2 Å². The maximum atomic E-state index is 12.0. The van der Waals surface area contributed by atoms with Crippen molar-refractivity contribution in [2.45, 2.75) is 44.3 Å². The van der Waals surface area contributed by atoms with E-state index in [2.05, 4.69) is 10.6 Å². The second kappa shape index (κ2) is 5.20. The second-order valence-corrected chi connectivity index (χ2v) is 6.74. The predicted molar refractivity (Wildman–Crippen MR) is 67.9 cm³/mol. The Morgan fingerprint density at radius 2 is 1.55 bits per heavy atom. The highest BCUT2D eigenvalue weighted by atomic mass is 19.4. The first-order chi connectivity index (χ1) is 9.40. The third-order valence-electron chi connectivity index (χ3n) is 5.17. The first kappa shape index (κ1) is 14.2. The molecule has 0 aromatic carbocycles. The number of carbonyl (C=O) groups is 1. The molecule has 4 fully saturated rings. The molecular formula is C14H21F3N2O. The van der Waals surface area contributed by atoms with Gasteiger partial charge in [0.05, 0.1) is 13.1 Å². The van der Waals surface area contributed by atoms with Crippen LogP contribution in [0.3, 0.4) is 0 Å². The molecular weight excluding hydrogens is 269 g/mol. The van der Waals surface area contributed by atoms with E-state index >= 15 is 0 Å². The summed E-state index contributed by atoms with van der Waals surface area (Å²) in [6.07, 6.45) is 1.84. The van der Waals surface area contributed by atoms with Gasteiger partial charge in [0.25, 0.3) is 0 Å². The summed E-state index contributed by atoms with van der Waals surface area (Å²) in [7, 11) is 0. The van der Waals surface area contributed by atoms with Crippen LogP contribution in [0.15, 0.2) is 0 Å². The Kier molecular flexibility index (Phi) is 3.69. The third kappa shape index (κ3) is 3.10. The van der Waals surface area contributed by atoms with Gasteiger partial charge in [-0.15, -0.1) is 0 Å². The van der Waals surface area contributed by atoms with Crippen molar-refractivity contribution in [3.63, 3.8) is 0 Å². The number of rotatable bonds is 4. The molecule has 114 valence electrons. The number of nitrogens with one attached hydrogen (secondary N) is 2. The van der Waals surface area contributed by atoms with Crippen molar-refractivity contribution in [2.75, 3.05) is 13.1 Å². The molecule has 4 aliphatic rings. The van der Waals surface area contributed by atoms with Gasteiger partial charge in [0.15, 0.2) is 0 Å². The monoisotopic (exact) mass is 290 g/mol. The Balaban J connectivity index is 1.47. The average molecular weight is 290 g/mol. The standard InChI is InChI=1S/C14H21F3N2O/c15-14(16,17)7-18-6-12(20)19-13-10-2-8-1-9(4-10)5-11(13)3-8/h8-11,13,18H,1-7H2,(H,19,20). The van der Waals surface area contributed by atoms with E-state index in [0.717, 1.165) is 11.8 Å². The van der Waals surface area contributed by atoms with Gasteiger partial charge < -0.3 is 10.6 Å². The van der Waals surface area contributed by atoms with Crippen molar-refractivity contribution in [1.82, 2.24) is 10.6 Å². The van der Waals surface area contributed by atoms with Gasteiger partial charge in [-0.05, 0) is 55.8 Å². The average Bonchev–Trinajstić information content (AvgIpc) is 2.31. The molecule has 4 aliphatic carbocycles. The fourth-order valence-corrected chi connectivity index (χ4v) is 4.72. The smallest absolute Gasteiger partial charge is 0.352 e. The Hall–Kier alpha value is -0.780. The zero-order valence-electron chi connectivity index (χ0n) is 11.4. The van der Waals surface area contributed by atoms with Gasteiger partial charge in [-0.25, -0.2) is 0 Å². The predicted octanol–water partition coefficient (Wildman–Crippen LogP) is 2.08. The van der Waals surface area contributed by atoms with E-state index in [1.165, 1.54) is 32.1 Å². The van der Waals surface area contributed by atoms with Crippen molar-refractivity contribution in [3.05, 3.63) is 0 Å². The normalized spacial score (nSPS) is 39.0. The minimum absolute atomic E-state index is 0.197. The Morgan fingerprint density at radius 3 is 2.05 bits per heavy atom. The molecule has 6 heteroatoms. The number of alkyl halides is 3. The molecule has 0 saturated heterocycles. The van der Waals surface area contributed by atoms with E-state index in [4.69, 9.17) is 0 Å². The number of carbonyl (C=O) groups excluding carboxylic acids is 1. The first-order valence-electron chi connectivity index (χ1n) is 7.47. The van der Waals surface area contributed by atoms with Gasteiger partial charge in [-0.1, -0.05) is 0 Å². The molecule has 4 saturated carbocycles. The summed E-state index contributed by atoms with van der Waals surface area (Å²) in [6.45, 7) is -1.36. The van der Waals surface area contributed by atoms with E-state index in [1.807, 2.05) is 0 Å². The fourth-order valence-electron chi connectivity index (χ4n) is 4.72. The van der Waals surface area contributed by atoms with Crippen LogP contribution in [0.1, 0.15) is 32.1 Å². The molecule has 0 aromatic rings. The van der Waals surface area contributed by atoms with Crippen LogP contribution in [0.25, 0.3) is 0 Å². The van der Waals surface area contributed by atoms with E-state index in [0.29, 0.717) is 11.8 Å². The van der Waals surface area contributed by atoms with Crippen molar-refractivity contribution in [2.24, 2.45) is 23.7 Å². The van der Waals surface area contributed by atoms with Gasteiger partial charge in [0.2, 0.25) is 5.91 Å². The zero-order valence-corrected chi connectivity index (χ0v) is 11.4. The summed E-state index contributed by atoms with van der Waals surface area (Å²) < 4.78 is 36.0. The molecule has 20 heavy (non-hydrogen) atoms. The van der Waals surface area contributed by atoms with Crippen LogP contribution in [0.2, 0.25) is 0 Å². The quantitative estimate of drug-likeness (QED) is 0.832. The van der Waals surface area contributed by atoms with Crippen LogP contribution in [0.4, 0.5) is 13.2 Å². The number of halogens is 3. The van der Waals surface area contributed by atoms with Crippen LogP contribution in [-0.2, 0) is 4.79 Å². The molecule has 3 nitrogen and oxygen atoms in total. The Morgan fingerprint density at radius 1 is 1.00 bits per heavy atom. The van der Waals surface area contributed by atoms with Crippen LogP contribution in [0.5, 0.6) is 0 Å². The minimum Gasteiger partial charge on any atom is -0.352 e. The van der Waals surface area contributed by atoms with Gasteiger partial charge in [-0.3, -0.25) is 4.79 Å². The molecule has 0 spiro atoms. The van der Waals surface area contributed by atoms with Crippen LogP contribution < -0.4 is 10.6 Å². The molecule has 0 radical (unpaired) electrons. The summed E-state index contributed by atoms with van der Waals surface area (Å²) in [5, 5.41) is 5.14. The fraction of sp³-hybridized carbons (Fsp3) is 0.929. The highest BCUT2D eigenvalue weighted by Crippen LogP contribution is 2.53. The lowest BCUT2D eigenvalue weighted by atomic mass is 9.54. The molecule has 2 N–H and O–H groups in total. The molecule has 4 bridgehead atoms. The van der Waals surface area contributed by atoms with Crippen molar-refractivity contribution in [1.29, 1.82) is 0 Å². The molecule has 0 heterocycles. The van der Waals surface area contributed by atoms with E-state index in [-0.39, 0.29) is 18.5 Å². The van der Waals surface area contributed by atoms with Crippen molar-refractivity contribution < 1.29 is 18.0 Å². The molecule has 0 aromatic heterocycles. The van der Waals surface area contributed by atoms with Crippen molar-refractivity contribution >= 4 is 5.91 Å². The van der Waals surface area contributed by atoms with Crippen LogP contribution >= 0.6 is 0 Å². The Bertz CT molecular complexity index is 355. The largest absolute Gasteiger partial charge is 0.401 e. The zero-order chi connectivity index (χ0) is 14.3. The number of hydrogen-bond acceptors (Lipinski definition) is 2. The Labute approximate surface area is 116 Å². The topological polar surface area (TPSA) is 41.1 Å². The summed E-state index contributed by atoms with van der Waals surface area (Å²) in [5.41, 5.74) is 0. The molecule has 4 rings (SSSR count). The lowest BCUT2D eigenvalue weighted by molar-refractivity contribution is -0.130. The maximum absolute atomic E-state index is 12.0. The minimum atomic E-state index is -4.26.